The Bertz CT molecular complexity index is 1420. The summed E-state index contributed by atoms with van der Waals surface area (Å²) < 4.78 is 17.8. The molecule has 0 aliphatic heterocycles. The van der Waals surface area contributed by atoms with E-state index in [1.54, 1.807) is 24.7 Å². The summed E-state index contributed by atoms with van der Waals surface area (Å²) in [5, 5.41) is 12.3. The zero-order chi connectivity index (χ0) is 27.0. The second-order valence-corrected chi connectivity index (χ2v) is 9.07. The number of aromatic nitrogens is 4. The fourth-order valence-electron chi connectivity index (χ4n) is 4.40. The summed E-state index contributed by atoms with van der Waals surface area (Å²) in [6.07, 6.45) is 7.35. The summed E-state index contributed by atoms with van der Waals surface area (Å²) in [4.78, 5) is 28.9. The molecule has 2 N–H and O–H groups in total. The van der Waals surface area contributed by atoms with Crippen molar-refractivity contribution in [3.8, 4) is 34.4 Å². The number of rotatable bonds is 10. The monoisotopic (exact) mass is 527 g/mol. The Balaban J connectivity index is 1.26. The van der Waals surface area contributed by atoms with Gasteiger partial charge in [-0.15, -0.1) is 0 Å². The van der Waals surface area contributed by atoms with E-state index in [0.717, 1.165) is 5.56 Å². The lowest BCUT2D eigenvalue weighted by Crippen LogP contribution is -2.28. The smallest absolute Gasteiger partial charge is 0.306 e. The molecule has 0 unspecified atom stereocenters. The van der Waals surface area contributed by atoms with E-state index >= 15 is 0 Å². The number of carboxylic acids is 1. The summed E-state index contributed by atoms with van der Waals surface area (Å²) in [5.41, 5.74) is 1.47. The van der Waals surface area contributed by atoms with Crippen LogP contribution in [0.1, 0.15) is 32.6 Å². The molecule has 0 spiro atoms. The van der Waals surface area contributed by atoms with Gasteiger partial charge in [-0.3, -0.25) is 9.78 Å². The highest BCUT2D eigenvalue weighted by Gasteiger charge is 2.27. The second kappa shape index (κ2) is 12.2. The fourth-order valence-corrected chi connectivity index (χ4v) is 4.40. The van der Waals surface area contributed by atoms with Crippen molar-refractivity contribution in [2.45, 2.75) is 38.7 Å². The van der Waals surface area contributed by atoms with Gasteiger partial charge in [0.25, 0.3) is 0 Å². The molecule has 0 bridgehead atoms. The van der Waals surface area contributed by atoms with Gasteiger partial charge in [-0.25, -0.2) is 9.97 Å². The fraction of sp³-hybridized carbons (Fsp3) is 0.276. The molecule has 0 radical (unpaired) electrons. The van der Waals surface area contributed by atoms with Gasteiger partial charge in [-0.2, -0.15) is 4.98 Å². The van der Waals surface area contributed by atoms with Crippen LogP contribution in [0.2, 0.25) is 0 Å². The average molecular weight is 528 g/mol. The van der Waals surface area contributed by atoms with Gasteiger partial charge in [0.2, 0.25) is 11.8 Å². The average Bonchev–Trinajstić information content (AvgIpc) is 2.95. The van der Waals surface area contributed by atoms with Crippen LogP contribution in [0.5, 0.6) is 23.1 Å². The Morgan fingerprint density at radius 1 is 1.00 bits per heavy atom. The van der Waals surface area contributed by atoms with Crippen molar-refractivity contribution < 1.29 is 24.1 Å². The highest BCUT2D eigenvalue weighted by Crippen LogP contribution is 2.33. The lowest BCUT2D eigenvalue weighted by molar-refractivity contribution is -0.143. The summed E-state index contributed by atoms with van der Waals surface area (Å²) in [6, 6.07) is 16.8. The van der Waals surface area contributed by atoms with Crippen LogP contribution in [0.4, 0.5) is 11.8 Å². The molecule has 1 saturated carbocycles. The molecule has 10 heteroatoms. The number of nitrogens with one attached hydrogen (secondary N) is 1. The first-order chi connectivity index (χ1) is 19.1. The number of nitrogens with zero attached hydrogens (tertiary/aromatic N) is 4. The van der Waals surface area contributed by atoms with Crippen LogP contribution in [-0.4, -0.2) is 43.7 Å². The van der Waals surface area contributed by atoms with E-state index in [1.807, 2.05) is 55.5 Å². The maximum absolute atomic E-state index is 11.2. The molecule has 2 aromatic heterocycles. The van der Waals surface area contributed by atoms with E-state index in [9.17, 15) is 9.90 Å². The topological polar surface area (TPSA) is 129 Å². The van der Waals surface area contributed by atoms with Gasteiger partial charge < -0.3 is 24.6 Å². The minimum Gasteiger partial charge on any atom is -0.490 e. The molecule has 39 heavy (non-hydrogen) atoms. The molecule has 200 valence electrons. The predicted molar refractivity (Wildman–Crippen MR) is 144 cm³/mol. The molecular weight excluding hydrogens is 498 g/mol. The van der Waals surface area contributed by atoms with E-state index in [0.29, 0.717) is 72.9 Å². The third-order valence-corrected chi connectivity index (χ3v) is 6.32. The second-order valence-electron chi connectivity index (χ2n) is 9.07. The highest BCUT2D eigenvalue weighted by molar-refractivity contribution is 5.70. The normalized spacial score (nSPS) is 16.7. The lowest BCUT2D eigenvalue weighted by atomic mass is 9.87. The van der Waals surface area contributed by atoms with Gasteiger partial charge in [0.1, 0.15) is 11.9 Å². The first kappa shape index (κ1) is 25.9. The van der Waals surface area contributed by atoms with Gasteiger partial charge in [-0.1, -0.05) is 24.3 Å². The summed E-state index contributed by atoms with van der Waals surface area (Å²) in [7, 11) is 0. The molecule has 0 saturated heterocycles. The largest absolute Gasteiger partial charge is 0.490 e. The summed E-state index contributed by atoms with van der Waals surface area (Å²) >= 11 is 0. The number of hydrogen-bond acceptors (Lipinski definition) is 9. The number of anilines is 2. The van der Waals surface area contributed by atoms with Gasteiger partial charge in [0, 0.05) is 17.8 Å². The number of para-hydroxylation sites is 2. The number of benzene rings is 2. The van der Waals surface area contributed by atoms with Crippen molar-refractivity contribution in [3.63, 3.8) is 0 Å². The Morgan fingerprint density at radius 3 is 2.62 bits per heavy atom. The Kier molecular flexibility index (Phi) is 8.11. The zero-order valence-electron chi connectivity index (χ0n) is 21.5. The van der Waals surface area contributed by atoms with Crippen molar-refractivity contribution in [3.05, 3.63) is 73.2 Å². The molecule has 10 nitrogen and oxygen atoms in total. The van der Waals surface area contributed by atoms with Crippen LogP contribution in [0.15, 0.2) is 73.2 Å². The molecule has 1 aliphatic rings. The minimum absolute atomic E-state index is 0.0681. The van der Waals surface area contributed by atoms with Gasteiger partial charge in [0.05, 0.1) is 30.6 Å². The van der Waals surface area contributed by atoms with E-state index in [1.165, 1.54) is 0 Å². The van der Waals surface area contributed by atoms with Gasteiger partial charge >= 0.3 is 5.97 Å². The lowest BCUT2D eigenvalue weighted by Gasteiger charge is -2.26. The first-order valence-corrected chi connectivity index (χ1v) is 12.9. The van der Waals surface area contributed by atoms with E-state index in [4.69, 9.17) is 14.2 Å². The van der Waals surface area contributed by atoms with E-state index < -0.39 is 5.97 Å². The van der Waals surface area contributed by atoms with Crippen LogP contribution in [0, 0.1) is 5.92 Å². The molecule has 2 aromatic carbocycles. The summed E-state index contributed by atoms with van der Waals surface area (Å²) in [5.74, 6) is 2.14. The van der Waals surface area contributed by atoms with Crippen LogP contribution in [-0.2, 0) is 4.79 Å². The van der Waals surface area contributed by atoms with E-state index in [-0.39, 0.29) is 12.0 Å². The van der Waals surface area contributed by atoms with Crippen LogP contribution in [0.25, 0.3) is 11.3 Å². The Hall–Kier alpha value is -4.73. The SMILES string of the molecule is CCOc1ccccc1Oc1cccc(-c2cncc(Nc3nccc(O[C@H]4CC[C@H](C(=O)O)CC4)n3)n2)c1. The molecule has 2 heterocycles. The van der Waals surface area contributed by atoms with Crippen molar-refractivity contribution in [1.29, 1.82) is 0 Å². The molecule has 1 aliphatic carbocycles. The van der Waals surface area contributed by atoms with Crippen molar-refractivity contribution in [1.82, 2.24) is 19.9 Å². The number of carboxylic acid groups (broad SMARTS) is 1. The van der Waals surface area contributed by atoms with Crippen molar-refractivity contribution >= 4 is 17.7 Å². The zero-order valence-corrected chi connectivity index (χ0v) is 21.5. The maximum Gasteiger partial charge on any atom is 0.306 e. The third-order valence-electron chi connectivity index (χ3n) is 6.32. The van der Waals surface area contributed by atoms with Crippen LogP contribution in [0.3, 0.4) is 0 Å². The van der Waals surface area contributed by atoms with Crippen LogP contribution < -0.4 is 19.5 Å². The number of ether oxygens (including phenoxy) is 3. The first-order valence-electron chi connectivity index (χ1n) is 12.9. The van der Waals surface area contributed by atoms with Gasteiger partial charge in [0.15, 0.2) is 17.3 Å². The molecule has 0 atom stereocenters. The molecular formula is C29H29N5O5. The predicted octanol–water partition coefficient (Wildman–Crippen LogP) is 5.89. The quantitative estimate of drug-likeness (QED) is 0.257. The van der Waals surface area contributed by atoms with Gasteiger partial charge in [-0.05, 0) is 56.9 Å². The number of carbonyl (C=O) groups is 1. The molecule has 4 aromatic rings. The van der Waals surface area contributed by atoms with Crippen molar-refractivity contribution in [2.24, 2.45) is 5.92 Å². The van der Waals surface area contributed by atoms with Crippen molar-refractivity contribution in [2.75, 3.05) is 11.9 Å². The third kappa shape index (κ3) is 6.78. The molecule has 1 fully saturated rings. The maximum atomic E-state index is 11.2. The summed E-state index contributed by atoms with van der Waals surface area (Å²) in [6.45, 7) is 2.47. The molecule has 0 amide bonds. The Labute approximate surface area is 226 Å². The standard InChI is InChI=1S/C29H29N5O5/c1-2-37-24-8-3-4-9-25(24)38-22-7-5-6-20(16-22)23-17-30-18-26(32-23)33-29-31-15-14-27(34-29)39-21-12-10-19(11-13-21)28(35)36/h3-9,14-19,21H,2,10-13H2,1H3,(H,35,36)(H,31,32,33,34)/t19-,21-. The van der Waals surface area contributed by atoms with Crippen LogP contribution >= 0.6 is 0 Å². The Morgan fingerprint density at radius 2 is 1.82 bits per heavy atom. The highest BCUT2D eigenvalue weighted by atomic mass is 16.5. The van der Waals surface area contributed by atoms with E-state index in [2.05, 4.69) is 25.3 Å². The minimum atomic E-state index is -0.739. The molecule has 5 rings (SSSR count). The number of aliphatic carboxylic acids is 1. The number of hydrogen-bond donors (Lipinski definition) is 2.